The molecule has 1 aromatic heterocycles. The normalized spacial score (nSPS) is 24.1. The van der Waals surface area contributed by atoms with E-state index in [0.717, 1.165) is 25.3 Å². The largest absolute Gasteiger partial charge is 0.504 e. The van der Waals surface area contributed by atoms with Crippen LogP contribution in [0, 0.1) is 5.82 Å². The van der Waals surface area contributed by atoms with E-state index in [2.05, 4.69) is 14.8 Å². The summed E-state index contributed by atoms with van der Waals surface area (Å²) in [6, 6.07) is 7.96. The van der Waals surface area contributed by atoms with Gasteiger partial charge < -0.3 is 29.5 Å². The lowest BCUT2D eigenvalue weighted by molar-refractivity contribution is -0.0594. The van der Waals surface area contributed by atoms with Crippen LogP contribution in [0.2, 0.25) is 0 Å². The molecule has 1 saturated carbocycles. The van der Waals surface area contributed by atoms with E-state index in [1.165, 1.54) is 12.1 Å². The molecule has 2 saturated heterocycles. The first kappa shape index (κ1) is 22.1. The van der Waals surface area contributed by atoms with E-state index in [1.807, 2.05) is 10.6 Å². The molecule has 0 bridgehead atoms. The fourth-order valence-corrected chi connectivity index (χ4v) is 5.56. The summed E-state index contributed by atoms with van der Waals surface area (Å²) in [5, 5.41) is 29.8. The first-order chi connectivity index (χ1) is 16.9. The number of halogens is 1. The van der Waals surface area contributed by atoms with E-state index >= 15 is 0 Å². The predicted octanol–water partition coefficient (Wildman–Crippen LogP) is 2.93. The van der Waals surface area contributed by atoms with Crippen LogP contribution in [0.5, 0.6) is 11.5 Å². The summed E-state index contributed by atoms with van der Waals surface area (Å²) < 4.78 is 22.4. The number of anilines is 1. The Morgan fingerprint density at radius 1 is 1.14 bits per heavy atom. The Labute approximate surface area is 201 Å². The van der Waals surface area contributed by atoms with Crippen molar-refractivity contribution in [2.45, 2.75) is 50.5 Å². The average molecular weight is 483 g/mol. The fourth-order valence-electron chi connectivity index (χ4n) is 5.56. The quantitative estimate of drug-likeness (QED) is 0.460. The summed E-state index contributed by atoms with van der Waals surface area (Å²) in [6.45, 7) is 3.07. The number of aromatic nitrogens is 2. The van der Waals surface area contributed by atoms with E-state index in [-0.39, 0.29) is 40.8 Å². The Balaban J connectivity index is 1.30. The number of imidazole rings is 1. The number of aromatic carboxylic acids is 1. The lowest BCUT2D eigenvalue weighted by Crippen LogP contribution is -2.64. The number of carboxylic acids is 1. The number of ether oxygens (including phenoxy) is 1. The second-order valence-corrected chi connectivity index (χ2v) is 9.57. The molecule has 3 unspecified atom stereocenters. The first-order valence-corrected chi connectivity index (χ1v) is 12.0. The van der Waals surface area contributed by atoms with Gasteiger partial charge >= 0.3 is 5.97 Å². The number of hydrogen-bond acceptors (Lipinski definition) is 7. The maximum absolute atomic E-state index is 14.8. The third-order valence-corrected chi connectivity index (χ3v) is 7.66. The number of hydrogen-bond donors (Lipinski definition) is 3. The van der Waals surface area contributed by atoms with Gasteiger partial charge in [-0.15, -0.1) is 0 Å². The first-order valence-electron chi connectivity index (χ1n) is 12.0. The summed E-state index contributed by atoms with van der Waals surface area (Å²) in [6.07, 6.45) is 2.87. The van der Waals surface area contributed by atoms with E-state index in [0.29, 0.717) is 49.8 Å². The zero-order valence-corrected chi connectivity index (χ0v) is 19.1. The summed E-state index contributed by atoms with van der Waals surface area (Å²) in [5.41, 5.74) is 1.19. The summed E-state index contributed by atoms with van der Waals surface area (Å²) in [7, 11) is 0. The topological polar surface area (TPSA) is 111 Å². The Kier molecular flexibility index (Phi) is 5.30. The number of rotatable bonds is 6. The van der Waals surface area contributed by atoms with Crippen LogP contribution < -0.4 is 4.90 Å². The SMILES string of the molecule is O=C(O)c1cc(F)c2nc(CN3CCN(c4cccc(O)c4O)C4CCC43)n(CC3CCO3)c2c1. The minimum Gasteiger partial charge on any atom is -0.504 e. The second-order valence-electron chi connectivity index (χ2n) is 9.57. The molecule has 9 nitrogen and oxygen atoms in total. The number of aromatic hydroxyl groups is 2. The molecule has 0 amide bonds. The lowest BCUT2D eigenvalue weighted by Gasteiger charge is -2.54. The van der Waals surface area contributed by atoms with Crippen LogP contribution in [0.1, 0.15) is 35.4 Å². The molecule has 0 radical (unpaired) electrons. The van der Waals surface area contributed by atoms with Gasteiger partial charge in [0, 0.05) is 31.8 Å². The zero-order chi connectivity index (χ0) is 24.3. The van der Waals surface area contributed by atoms with Crippen LogP contribution in [0.15, 0.2) is 30.3 Å². The second kappa shape index (κ2) is 8.39. The third-order valence-electron chi connectivity index (χ3n) is 7.66. The van der Waals surface area contributed by atoms with E-state index in [1.54, 1.807) is 6.07 Å². The Bertz CT molecular complexity index is 1310. The molecule has 10 heteroatoms. The molecular weight excluding hydrogens is 455 g/mol. The van der Waals surface area contributed by atoms with Gasteiger partial charge in [0.2, 0.25) is 0 Å². The molecule has 3 heterocycles. The molecule has 3 fully saturated rings. The molecule has 35 heavy (non-hydrogen) atoms. The molecule has 3 atom stereocenters. The van der Waals surface area contributed by atoms with E-state index < -0.39 is 11.8 Å². The molecule has 3 aromatic rings. The smallest absolute Gasteiger partial charge is 0.335 e. The molecule has 184 valence electrons. The van der Waals surface area contributed by atoms with Crippen molar-refractivity contribution in [1.29, 1.82) is 0 Å². The number of carbonyl (C=O) groups is 1. The standard InChI is InChI=1S/C25H27FN4O5/c26-16-10-14(25(33)34)11-20-23(16)27-22(30(20)12-15-6-9-35-15)13-28-7-8-29(18-5-4-17(18)28)19-2-1-3-21(31)24(19)32/h1-3,10-11,15,17-18,31-32H,4-9,12-13H2,(H,33,34). The fraction of sp³-hybridized carbons (Fsp3) is 0.440. The van der Waals surface area contributed by atoms with Crippen LogP contribution >= 0.6 is 0 Å². The molecule has 1 aliphatic carbocycles. The number of para-hydroxylation sites is 1. The Morgan fingerprint density at radius 3 is 2.63 bits per heavy atom. The van der Waals surface area contributed by atoms with Gasteiger partial charge in [-0.3, -0.25) is 4.90 Å². The van der Waals surface area contributed by atoms with Crippen LogP contribution in [-0.4, -0.2) is 73.6 Å². The van der Waals surface area contributed by atoms with Crippen molar-refractivity contribution < 1.29 is 29.2 Å². The minimum absolute atomic E-state index is 0.00438. The third kappa shape index (κ3) is 3.68. The van der Waals surface area contributed by atoms with Crippen LogP contribution in [0.3, 0.4) is 0 Å². The maximum atomic E-state index is 14.8. The predicted molar refractivity (Wildman–Crippen MR) is 125 cm³/mol. The van der Waals surface area contributed by atoms with Gasteiger partial charge in [-0.1, -0.05) is 6.07 Å². The lowest BCUT2D eigenvalue weighted by atomic mass is 9.81. The molecule has 2 aliphatic heterocycles. The highest BCUT2D eigenvalue weighted by atomic mass is 19.1. The number of phenols is 2. The zero-order valence-electron chi connectivity index (χ0n) is 19.1. The van der Waals surface area contributed by atoms with Crippen molar-refractivity contribution in [3.63, 3.8) is 0 Å². The Hall–Kier alpha value is -3.37. The van der Waals surface area contributed by atoms with Gasteiger partial charge in [0.1, 0.15) is 11.3 Å². The number of piperazine rings is 1. The van der Waals surface area contributed by atoms with Crippen molar-refractivity contribution >= 4 is 22.7 Å². The molecule has 2 aromatic carbocycles. The summed E-state index contributed by atoms with van der Waals surface area (Å²) in [5.74, 6) is -1.35. The molecule has 3 aliphatic rings. The van der Waals surface area contributed by atoms with Crippen molar-refractivity contribution in [3.05, 3.63) is 47.5 Å². The van der Waals surface area contributed by atoms with Crippen molar-refractivity contribution in [2.24, 2.45) is 0 Å². The number of carboxylic acid groups (broad SMARTS) is 1. The van der Waals surface area contributed by atoms with Gasteiger partial charge in [-0.25, -0.2) is 14.2 Å². The summed E-state index contributed by atoms with van der Waals surface area (Å²) >= 11 is 0. The van der Waals surface area contributed by atoms with Crippen LogP contribution in [0.4, 0.5) is 10.1 Å². The summed E-state index contributed by atoms with van der Waals surface area (Å²) in [4.78, 5) is 20.6. The maximum Gasteiger partial charge on any atom is 0.335 e. The van der Waals surface area contributed by atoms with Crippen LogP contribution in [0.25, 0.3) is 11.0 Å². The number of nitrogens with zero attached hydrogens (tertiary/aromatic N) is 4. The number of benzene rings is 2. The molecule has 6 rings (SSSR count). The van der Waals surface area contributed by atoms with Gasteiger partial charge in [0.15, 0.2) is 17.3 Å². The van der Waals surface area contributed by atoms with E-state index in [4.69, 9.17) is 4.74 Å². The van der Waals surface area contributed by atoms with Crippen molar-refractivity contribution in [1.82, 2.24) is 14.5 Å². The van der Waals surface area contributed by atoms with Crippen molar-refractivity contribution in [2.75, 3.05) is 24.6 Å². The highest BCUT2D eigenvalue weighted by molar-refractivity contribution is 5.92. The molecule has 0 spiro atoms. The number of fused-ring (bicyclic) bond motifs is 2. The van der Waals surface area contributed by atoms with Gasteiger partial charge in [-0.2, -0.15) is 0 Å². The van der Waals surface area contributed by atoms with Crippen molar-refractivity contribution in [3.8, 4) is 11.5 Å². The number of phenolic OH excluding ortho intramolecular Hbond substituents is 2. The highest BCUT2D eigenvalue weighted by Crippen LogP contribution is 2.43. The highest BCUT2D eigenvalue weighted by Gasteiger charge is 2.44. The van der Waals surface area contributed by atoms with E-state index in [9.17, 15) is 24.5 Å². The average Bonchev–Trinajstić information content (AvgIpc) is 3.11. The van der Waals surface area contributed by atoms with Gasteiger partial charge in [0.05, 0.1) is 36.0 Å². The minimum atomic E-state index is -1.18. The van der Waals surface area contributed by atoms with Crippen LogP contribution in [-0.2, 0) is 17.8 Å². The van der Waals surface area contributed by atoms with Gasteiger partial charge in [-0.05, 0) is 43.5 Å². The molecule has 3 N–H and O–H groups in total. The monoisotopic (exact) mass is 482 g/mol. The molecular formula is C25H27FN4O5. The Morgan fingerprint density at radius 2 is 1.94 bits per heavy atom. The van der Waals surface area contributed by atoms with Gasteiger partial charge in [0.25, 0.3) is 0 Å².